The predicted octanol–water partition coefficient (Wildman–Crippen LogP) is 1.37. The summed E-state index contributed by atoms with van der Waals surface area (Å²) in [6.45, 7) is 1.68. The molecule has 0 fully saturated rings. The maximum Gasteiger partial charge on any atom is 0.247 e. The SMILES string of the molecule is CC(CO)SCC(F)F. The van der Waals surface area contributed by atoms with Crippen LogP contribution in [0.3, 0.4) is 0 Å². The first-order valence-electron chi connectivity index (χ1n) is 2.67. The molecule has 0 aliphatic carbocycles. The molecule has 0 aromatic heterocycles. The van der Waals surface area contributed by atoms with Crippen molar-refractivity contribution in [2.45, 2.75) is 18.6 Å². The number of aliphatic hydroxyl groups excluding tert-OH is 1. The third kappa shape index (κ3) is 6.05. The first-order valence-corrected chi connectivity index (χ1v) is 3.72. The fourth-order valence-electron chi connectivity index (χ4n) is 0.290. The van der Waals surface area contributed by atoms with Crippen molar-refractivity contribution in [1.29, 1.82) is 0 Å². The summed E-state index contributed by atoms with van der Waals surface area (Å²) in [5.41, 5.74) is 0. The van der Waals surface area contributed by atoms with Crippen LogP contribution in [0.1, 0.15) is 6.92 Å². The number of rotatable bonds is 4. The van der Waals surface area contributed by atoms with Crippen molar-refractivity contribution in [1.82, 2.24) is 0 Å². The van der Waals surface area contributed by atoms with E-state index < -0.39 is 6.43 Å². The van der Waals surface area contributed by atoms with Crippen LogP contribution in [0.4, 0.5) is 8.78 Å². The third-order valence-corrected chi connectivity index (χ3v) is 1.93. The number of aliphatic hydroxyl groups is 1. The molecule has 1 N–H and O–H groups in total. The summed E-state index contributed by atoms with van der Waals surface area (Å²) in [6, 6.07) is 0. The Bertz CT molecular complexity index is 70.0. The molecule has 0 saturated heterocycles. The lowest BCUT2D eigenvalue weighted by molar-refractivity contribution is 0.176. The Kier molecular flexibility index (Phi) is 5.09. The van der Waals surface area contributed by atoms with Gasteiger partial charge in [-0.3, -0.25) is 0 Å². The Labute approximate surface area is 57.4 Å². The van der Waals surface area contributed by atoms with Gasteiger partial charge in [0.25, 0.3) is 0 Å². The molecule has 0 saturated carbocycles. The summed E-state index contributed by atoms with van der Waals surface area (Å²) in [6.07, 6.45) is -2.26. The van der Waals surface area contributed by atoms with Crippen LogP contribution in [0.2, 0.25) is 0 Å². The first kappa shape index (κ1) is 9.17. The van der Waals surface area contributed by atoms with Gasteiger partial charge in [0.1, 0.15) is 0 Å². The van der Waals surface area contributed by atoms with Crippen LogP contribution in [-0.4, -0.2) is 29.1 Å². The van der Waals surface area contributed by atoms with E-state index in [1.165, 1.54) is 0 Å². The molecular formula is C5H10F2OS. The highest BCUT2D eigenvalue weighted by Crippen LogP contribution is 2.12. The van der Waals surface area contributed by atoms with E-state index in [2.05, 4.69) is 0 Å². The van der Waals surface area contributed by atoms with E-state index >= 15 is 0 Å². The second-order valence-electron chi connectivity index (χ2n) is 1.72. The molecule has 56 valence electrons. The second kappa shape index (κ2) is 4.99. The molecule has 0 amide bonds. The summed E-state index contributed by atoms with van der Waals surface area (Å²) in [4.78, 5) is 0. The zero-order chi connectivity index (χ0) is 7.28. The minimum absolute atomic E-state index is 0.0304. The van der Waals surface area contributed by atoms with Gasteiger partial charge in [0, 0.05) is 5.25 Å². The number of hydrogen-bond acceptors (Lipinski definition) is 2. The van der Waals surface area contributed by atoms with E-state index in [1.54, 1.807) is 6.92 Å². The third-order valence-electron chi connectivity index (χ3n) is 0.764. The van der Waals surface area contributed by atoms with Crippen LogP contribution in [0.5, 0.6) is 0 Å². The van der Waals surface area contributed by atoms with Crippen molar-refractivity contribution in [2.75, 3.05) is 12.4 Å². The van der Waals surface area contributed by atoms with Crippen LogP contribution in [0, 0.1) is 0 Å². The molecule has 0 radical (unpaired) electrons. The zero-order valence-corrected chi connectivity index (χ0v) is 6.00. The van der Waals surface area contributed by atoms with Gasteiger partial charge in [-0.1, -0.05) is 6.92 Å². The van der Waals surface area contributed by atoms with E-state index in [9.17, 15) is 8.78 Å². The van der Waals surface area contributed by atoms with Crippen LogP contribution in [-0.2, 0) is 0 Å². The highest BCUT2D eigenvalue weighted by Gasteiger charge is 2.05. The molecular weight excluding hydrogens is 146 g/mol. The van der Waals surface area contributed by atoms with E-state index in [-0.39, 0.29) is 17.6 Å². The smallest absolute Gasteiger partial charge is 0.247 e. The topological polar surface area (TPSA) is 20.2 Å². The minimum Gasteiger partial charge on any atom is -0.395 e. The molecule has 4 heteroatoms. The predicted molar refractivity (Wildman–Crippen MR) is 35.0 cm³/mol. The van der Waals surface area contributed by atoms with Gasteiger partial charge >= 0.3 is 0 Å². The lowest BCUT2D eigenvalue weighted by Gasteiger charge is -2.05. The molecule has 1 atom stereocenters. The molecule has 0 aromatic rings. The molecule has 1 nitrogen and oxygen atoms in total. The van der Waals surface area contributed by atoms with Crippen LogP contribution in [0.15, 0.2) is 0 Å². The monoisotopic (exact) mass is 156 g/mol. The zero-order valence-electron chi connectivity index (χ0n) is 5.18. The Balaban J connectivity index is 3.06. The van der Waals surface area contributed by atoms with Gasteiger partial charge in [0.2, 0.25) is 6.43 Å². The quantitative estimate of drug-likeness (QED) is 0.663. The van der Waals surface area contributed by atoms with Gasteiger partial charge in [-0.05, 0) is 0 Å². The molecule has 0 spiro atoms. The average molecular weight is 156 g/mol. The normalized spacial score (nSPS) is 14.3. The number of hydrogen-bond donors (Lipinski definition) is 1. The Morgan fingerprint density at radius 2 is 2.11 bits per heavy atom. The Hall–Kier alpha value is 0.170. The summed E-state index contributed by atoms with van der Waals surface area (Å²) in [7, 11) is 0. The highest BCUT2D eigenvalue weighted by molar-refractivity contribution is 7.99. The fraction of sp³-hybridized carbons (Fsp3) is 1.00. The van der Waals surface area contributed by atoms with Gasteiger partial charge in [-0.15, -0.1) is 0 Å². The van der Waals surface area contributed by atoms with Gasteiger partial charge in [0.05, 0.1) is 12.4 Å². The highest BCUT2D eigenvalue weighted by atomic mass is 32.2. The molecule has 0 aliphatic rings. The van der Waals surface area contributed by atoms with E-state index in [1.807, 2.05) is 0 Å². The molecule has 9 heavy (non-hydrogen) atoms. The molecule has 0 aromatic carbocycles. The molecule has 0 aliphatic heterocycles. The summed E-state index contributed by atoms with van der Waals surface area (Å²) >= 11 is 1.08. The summed E-state index contributed by atoms with van der Waals surface area (Å²) in [5.74, 6) is -0.179. The van der Waals surface area contributed by atoms with Crippen LogP contribution in [0.25, 0.3) is 0 Å². The van der Waals surface area contributed by atoms with Crippen molar-refractivity contribution < 1.29 is 13.9 Å². The van der Waals surface area contributed by atoms with Crippen molar-refractivity contribution in [2.24, 2.45) is 0 Å². The lowest BCUT2D eigenvalue weighted by Crippen LogP contribution is -2.06. The Morgan fingerprint density at radius 3 is 2.44 bits per heavy atom. The van der Waals surface area contributed by atoms with Crippen LogP contribution < -0.4 is 0 Å². The Morgan fingerprint density at radius 1 is 1.56 bits per heavy atom. The van der Waals surface area contributed by atoms with Gasteiger partial charge in [-0.2, -0.15) is 11.8 Å². The van der Waals surface area contributed by atoms with E-state index in [0.29, 0.717) is 0 Å². The fourth-order valence-corrected chi connectivity index (χ4v) is 0.869. The van der Waals surface area contributed by atoms with Gasteiger partial charge < -0.3 is 5.11 Å². The molecule has 0 bridgehead atoms. The summed E-state index contributed by atoms with van der Waals surface area (Å²) < 4.78 is 22.9. The maximum atomic E-state index is 11.4. The number of thioether (sulfide) groups is 1. The summed E-state index contributed by atoms with van der Waals surface area (Å²) in [5, 5.41) is 8.31. The minimum atomic E-state index is -2.26. The van der Waals surface area contributed by atoms with Crippen molar-refractivity contribution in [3.63, 3.8) is 0 Å². The van der Waals surface area contributed by atoms with Gasteiger partial charge in [-0.25, -0.2) is 8.78 Å². The number of alkyl halides is 2. The molecule has 0 heterocycles. The average Bonchev–Trinajstić information content (AvgIpc) is 1.83. The number of halogens is 2. The second-order valence-corrected chi connectivity index (χ2v) is 3.19. The van der Waals surface area contributed by atoms with E-state index in [4.69, 9.17) is 5.11 Å². The van der Waals surface area contributed by atoms with Crippen molar-refractivity contribution >= 4 is 11.8 Å². The standard InChI is InChI=1S/C5H10F2OS/c1-4(2-8)9-3-5(6)7/h4-5,8H,2-3H2,1H3. The van der Waals surface area contributed by atoms with Crippen LogP contribution >= 0.6 is 11.8 Å². The largest absolute Gasteiger partial charge is 0.395 e. The van der Waals surface area contributed by atoms with Gasteiger partial charge in [0.15, 0.2) is 0 Å². The molecule has 0 rings (SSSR count). The molecule has 1 unspecified atom stereocenters. The first-order chi connectivity index (χ1) is 4.16. The van der Waals surface area contributed by atoms with E-state index in [0.717, 1.165) is 11.8 Å². The maximum absolute atomic E-state index is 11.4. The van der Waals surface area contributed by atoms with Crippen molar-refractivity contribution in [3.05, 3.63) is 0 Å². The lowest BCUT2D eigenvalue weighted by atomic mass is 10.5. The van der Waals surface area contributed by atoms with Crippen molar-refractivity contribution in [3.8, 4) is 0 Å².